The number of nitrogens with zero attached hydrogens (tertiary/aromatic N) is 3. The predicted octanol–water partition coefficient (Wildman–Crippen LogP) is 3.39. The lowest BCUT2D eigenvalue weighted by molar-refractivity contribution is -0.0419. The van der Waals surface area contributed by atoms with Gasteiger partial charge in [-0.1, -0.05) is 41.5 Å². The minimum absolute atomic E-state index is 0. The minimum atomic E-state index is 0. The molecule has 0 amide bonds. The van der Waals surface area contributed by atoms with Gasteiger partial charge in [0.25, 0.3) is 0 Å². The molecule has 0 saturated heterocycles. The van der Waals surface area contributed by atoms with Crippen molar-refractivity contribution in [2.45, 2.75) is 54.5 Å². The average molecular weight is 401 g/mol. The van der Waals surface area contributed by atoms with Crippen LogP contribution in [0.2, 0.25) is 0 Å². The molecule has 0 aliphatic carbocycles. The molecular weight excluding hydrogens is 356 g/mol. The third-order valence-corrected chi connectivity index (χ3v) is 4.33. The Bertz CT molecular complexity index is 282. The zero-order chi connectivity index (χ0) is 19.2. The summed E-state index contributed by atoms with van der Waals surface area (Å²) in [5.41, 5.74) is 0.190. The maximum absolute atomic E-state index is 5.77. The van der Waals surface area contributed by atoms with Crippen LogP contribution < -0.4 is 5.32 Å². The Balaban J connectivity index is -0.00000155. The topological polar surface area (TPSA) is 40.2 Å². The van der Waals surface area contributed by atoms with Crippen LogP contribution in [0.15, 0.2) is 0 Å². The van der Waals surface area contributed by atoms with Gasteiger partial charge in [-0.3, -0.25) is 0 Å². The summed E-state index contributed by atoms with van der Waals surface area (Å²) in [6, 6.07) is 0.364. The van der Waals surface area contributed by atoms with Gasteiger partial charge in [0.05, 0.1) is 6.61 Å². The summed E-state index contributed by atoms with van der Waals surface area (Å²) >= 11 is 1.34. The van der Waals surface area contributed by atoms with Gasteiger partial charge in [-0.25, -0.2) is 9.29 Å². The zero-order valence-corrected chi connectivity index (χ0v) is 20.0. The standard InChI is InChI=1S/C15H36N4O2S.C2H6.H2S/c1-9-19(11-12-20-10-2)18(8)22-21-17(7)13-14(16-6)15(3,4)5;1-2;/h14,16H,9-13H2,1-8H3;1-2H3;1H2. The molecule has 0 rings (SSSR count). The number of rotatable bonds is 12. The van der Waals surface area contributed by atoms with Crippen LogP contribution in [-0.4, -0.2) is 74.5 Å². The van der Waals surface area contributed by atoms with Crippen molar-refractivity contribution in [1.29, 1.82) is 0 Å². The normalized spacial score (nSPS) is 12.8. The van der Waals surface area contributed by atoms with E-state index in [1.54, 1.807) is 0 Å². The van der Waals surface area contributed by atoms with E-state index in [1.165, 1.54) is 12.2 Å². The summed E-state index contributed by atoms with van der Waals surface area (Å²) in [6.07, 6.45) is 0. The van der Waals surface area contributed by atoms with Crippen LogP contribution in [0.3, 0.4) is 0 Å². The van der Waals surface area contributed by atoms with Crippen molar-refractivity contribution in [1.82, 2.24) is 19.8 Å². The van der Waals surface area contributed by atoms with Gasteiger partial charge in [-0.15, -0.1) is 0 Å². The van der Waals surface area contributed by atoms with E-state index in [0.717, 1.165) is 32.8 Å². The lowest BCUT2D eigenvalue weighted by Gasteiger charge is -2.34. The van der Waals surface area contributed by atoms with Crippen LogP contribution in [0.5, 0.6) is 0 Å². The number of hydrogen-bond acceptors (Lipinski definition) is 7. The SMILES string of the molecule is CC.CCOCCN(CC)N(C)SON(C)CC(NC)C(C)(C)C.S. The number of nitrogens with one attached hydrogen (secondary N) is 1. The first-order valence-electron chi connectivity index (χ1n) is 9.05. The number of likely N-dealkylation sites (N-methyl/N-ethyl adjacent to an activating group) is 3. The Morgan fingerprint density at radius 2 is 1.68 bits per heavy atom. The molecule has 6 nitrogen and oxygen atoms in total. The molecule has 1 unspecified atom stereocenters. The van der Waals surface area contributed by atoms with E-state index in [9.17, 15) is 0 Å². The average Bonchev–Trinajstić information content (AvgIpc) is 2.55. The third-order valence-electron chi connectivity index (χ3n) is 3.56. The van der Waals surface area contributed by atoms with Crippen molar-refractivity contribution in [2.75, 3.05) is 54.0 Å². The van der Waals surface area contributed by atoms with E-state index in [2.05, 4.69) is 38.0 Å². The summed E-state index contributed by atoms with van der Waals surface area (Å²) in [6.45, 7) is 18.9. The lowest BCUT2D eigenvalue weighted by Crippen LogP contribution is -2.46. The molecule has 0 radical (unpaired) electrons. The van der Waals surface area contributed by atoms with Gasteiger partial charge in [-0.05, 0) is 19.4 Å². The summed E-state index contributed by atoms with van der Waals surface area (Å²) < 4.78 is 13.2. The molecule has 0 heterocycles. The summed E-state index contributed by atoms with van der Waals surface area (Å²) in [5.74, 6) is 0. The number of ether oxygens (including phenoxy) is 1. The fraction of sp³-hybridized carbons (Fsp3) is 1.00. The Kier molecular flexibility index (Phi) is 21.6. The molecule has 0 aromatic heterocycles. The second kappa shape index (κ2) is 17.9. The molecule has 156 valence electrons. The Morgan fingerprint density at radius 3 is 2.08 bits per heavy atom. The van der Waals surface area contributed by atoms with Crippen molar-refractivity contribution in [3.05, 3.63) is 0 Å². The molecular formula is C17H44N4O2S2. The summed E-state index contributed by atoms with van der Waals surface area (Å²) in [4.78, 5) is 0. The highest BCUT2D eigenvalue weighted by Crippen LogP contribution is 2.21. The summed E-state index contributed by atoms with van der Waals surface area (Å²) in [7, 11) is 5.97. The van der Waals surface area contributed by atoms with Crippen LogP contribution in [0.1, 0.15) is 48.5 Å². The minimum Gasteiger partial charge on any atom is -0.380 e. The van der Waals surface area contributed by atoms with E-state index in [1.807, 2.05) is 51.4 Å². The van der Waals surface area contributed by atoms with Crippen LogP contribution in [0.4, 0.5) is 0 Å². The van der Waals surface area contributed by atoms with E-state index >= 15 is 0 Å². The van der Waals surface area contributed by atoms with Gasteiger partial charge < -0.3 is 10.1 Å². The molecule has 0 spiro atoms. The maximum atomic E-state index is 5.77. The number of hydrogen-bond donors (Lipinski definition) is 1. The van der Waals surface area contributed by atoms with Crippen molar-refractivity contribution >= 4 is 25.7 Å². The summed E-state index contributed by atoms with van der Waals surface area (Å²) in [5, 5.41) is 7.42. The largest absolute Gasteiger partial charge is 0.380 e. The highest BCUT2D eigenvalue weighted by Gasteiger charge is 2.25. The van der Waals surface area contributed by atoms with Crippen molar-refractivity contribution in [3.63, 3.8) is 0 Å². The molecule has 25 heavy (non-hydrogen) atoms. The second-order valence-electron chi connectivity index (χ2n) is 6.37. The van der Waals surface area contributed by atoms with Gasteiger partial charge in [0.15, 0.2) is 0 Å². The molecule has 0 aromatic carbocycles. The maximum Gasteiger partial charge on any atom is 0.120 e. The van der Waals surface area contributed by atoms with Gasteiger partial charge in [-0.2, -0.15) is 23.0 Å². The van der Waals surface area contributed by atoms with Crippen LogP contribution in [-0.2, 0) is 9.02 Å². The first-order valence-corrected chi connectivity index (χ1v) is 9.75. The van der Waals surface area contributed by atoms with E-state index in [4.69, 9.17) is 9.02 Å². The molecule has 0 aliphatic rings. The molecule has 8 heteroatoms. The van der Waals surface area contributed by atoms with Gasteiger partial charge in [0.2, 0.25) is 0 Å². The molecule has 1 atom stereocenters. The van der Waals surface area contributed by atoms with E-state index < -0.39 is 0 Å². The van der Waals surface area contributed by atoms with Crippen LogP contribution in [0.25, 0.3) is 0 Å². The van der Waals surface area contributed by atoms with Crippen LogP contribution >= 0.6 is 25.7 Å². The zero-order valence-electron chi connectivity index (χ0n) is 18.2. The monoisotopic (exact) mass is 400 g/mol. The number of hydrazine groups is 1. The molecule has 0 aliphatic heterocycles. The fourth-order valence-electron chi connectivity index (χ4n) is 2.05. The molecule has 0 saturated carbocycles. The van der Waals surface area contributed by atoms with Gasteiger partial charge in [0, 0.05) is 46.4 Å². The highest BCUT2D eigenvalue weighted by molar-refractivity contribution is 7.92. The Morgan fingerprint density at radius 1 is 1.12 bits per heavy atom. The molecule has 1 N–H and O–H groups in total. The molecule has 0 fully saturated rings. The first kappa shape index (κ1) is 30.2. The van der Waals surface area contributed by atoms with Crippen molar-refractivity contribution in [2.24, 2.45) is 5.41 Å². The van der Waals surface area contributed by atoms with E-state index in [-0.39, 0.29) is 18.9 Å². The molecule has 0 bridgehead atoms. The first-order chi connectivity index (χ1) is 11.3. The van der Waals surface area contributed by atoms with Crippen LogP contribution in [0, 0.1) is 5.41 Å². The smallest absolute Gasteiger partial charge is 0.120 e. The highest BCUT2D eigenvalue weighted by atomic mass is 32.2. The predicted molar refractivity (Wildman–Crippen MR) is 117 cm³/mol. The quantitative estimate of drug-likeness (QED) is 0.233. The molecule has 0 aromatic rings. The Hall–Kier alpha value is 0.460. The van der Waals surface area contributed by atoms with Crippen molar-refractivity contribution < 1.29 is 9.02 Å². The van der Waals surface area contributed by atoms with Gasteiger partial charge in [0.1, 0.15) is 12.2 Å². The second-order valence-corrected chi connectivity index (χ2v) is 7.20. The lowest BCUT2D eigenvalue weighted by atomic mass is 9.87. The van der Waals surface area contributed by atoms with E-state index in [0.29, 0.717) is 6.04 Å². The Labute approximate surface area is 168 Å². The fourth-order valence-corrected chi connectivity index (χ4v) is 2.61. The third kappa shape index (κ3) is 15.2. The van der Waals surface area contributed by atoms with Gasteiger partial charge >= 0.3 is 0 Å². The number of hydroxylamine groups is 2. The van der Waals surface area contributed by atoms with Crippen molar-refractivity contribution in [3.8, 4) is 0 Å².